The van der Waals surface area contributed by atoms with Gasteiger partial charge in [-0.25, -0.2) is 9.78 Å². The summed E-state index contributed by atoms with van der Waals surface area (Å²) in [7, 11) is 1.43. The zero-order chi connectivity index (χ0) is 9.68. The average Bonchev–Trinajstić information content (AvgIpc) is 2.15. The second kappa shape index (κ2) is 4.42. The third-order valence-electron chi connectivity index (χ3n) is 1.30. The van der Waals surface area contributed by atoms with Crippen LogP contribution in [0.5, 0.6) is 0 Å². The molecule has 0 aliphatic heterocycles. The van der Waals surface area contributed by atoms with Gasteiger partial charge in [0.2, 0.25) is 0 Å². The van der Waals surface area contributed by atoms with Gasteiger partial charge in [0, 0.05) is 7.11 Å². The third kappa shape index (κ3) is 2.72. The number of carbonyl (C=O) groups is 1. The molecular formula is C8H10N2O3. The Hall–Kier alpha value is -1.62. The molecule has 0 fully saturated rings. The summed E-state index contributed by atoms with van der Waals surface area (Å²) in [5, 5.41) is 0. The smallest absolute Gasteiger partial charge is 0.359 e. The first-order valence-corrected chi connectivity index (χ1v) is 3.61. The number of nitrogens with two attached hydrogens (primary N) is 1. The normalized spacial score (nSPS) is 9.62. The van der Waals surface area contributed by atoms with Crippen LogP contribution in [0, 0.1) is 0 Å². The lowest BCUT2D eigenvalue weighted by molar-refractivity contribution is -0.0129. The Morgan fingerprint density at radius 1 is 1.62 bits per heavy atom. The Bertz CT molecular complexity index is 284. The van der Waals surface area contributed by atoms with Crippen LogP contribution in [0.1, 0.15) is 10.5 Å². The number of hydrogen-bond donors (Lipinski definition) is 1. The maximum Gasteiger partial charge on any atom is 0.359 e. The summed E-state index contributed by atoms with van der Waals surface area (Å²) < 4.78 is 9.21. The lowest BCUT2D eigenvalue weighted by Gasteiger charge is -2.01. The molecule has 0 radical (unpaired) electrons. The van der Waals surface area contributed by atoms with E-state index in [-0.39, 0.29) is 12.5 Å². The number of rotatable bonds is 3. The number of hydrogen-bond acceptors (Lipinski definition) is 5. The molecule has 1 heterocycles. The molecule has 0 amide bonds. The molecule has 0 aliphatic carbocycles. The van der Waals surface area contributed by atoms with Crippen molar-refractivity contribution >= 4 is 11.7 Å². The van der Waals surface area contributed by atoms with Crippen LogP contribution in [0.3, 0.4) is 0 Å². The van der Waals surface area contributed by atoms with Gasteiger partial charge in [0.25, 0.3) is 0 Å². The van der Waals surface area contributed by atoms with E-state index in [4.69, 9.17) is 5.73 Å². The molecule has 0 aromatic carbocycles. The summed E-state index contributed by atoms with van der Waals surface area (Å²) in [4.78, 5) is 14.9. The Labute approximate surface area is 75.5 Å². The topological polar surface area (TPSA) is 74.4 Å². The summed E-state index contributed by atoms with van der Waals surface area (Å²) in [6.45, 7) is -0.0785. The van der Waals surface area contributed by atoms with E-state index in [0.717, 1.165) is 0 Å². The molecule has 1 rings (SSSR count). The molecule has 5 heteroatoms. The standard InChI is InChI=1S/C8H10N2O3/c1-12-5-13-8(11)7-3-2-6(9)4-10-7/h2-4H,5,9H2,1H3. The quantitative estimate of drug-likeness (QED) is 0.541. The fourth-order valence-electron chi connectivity index (χ4n) is 0.712. The molecule has 0 saturated carbocycles. The van der Waals surface area contributed by atoms with E-state index in [1.807, 2.05) is 0 Å². The van der Waals surface area contributed by atoms with Crippen LogP contribution in [-0.4, -0.2) is 24.9 Å². The summed E-state index contributed by atoms with van der Waals surface area (Å²) in [5.74, 6) is -0.526. The van der Waals surface area contributed by atoms with Gasteiger partial charge < -0.3 is 15.2 Å². The monoisotopic (exact) mass is 182 g/mol. The second-order valence-corrected chi connectivity index (χ2v) is 2.32. The molecule has 0 bridgehead atoms. The van der Waals surface area contributed by atoms with Crippen LogP contribution in [-0.2, 0) is 9.47 Å². The molecule has 13 heavy (non-hydrogen) atoms. The van der Waals surface area contributed by atoms with Gasteiger partial charge in [0.15, 0.2) is 6.79 Å². The van der Waals surface area contributed by atoms with Gasteiger partial charge in [0.1, 0.15) is 5.69 Å². The lowest BCUT2D eigenvalue weighted by Crippen LogP contribution is -2.09. The minimum Gasteiger partial charge on any atom is -0.434 e. The highest BCUT2D eigenvalue weighted by molar-refractivity contribution is 5.87. The highest BCUT2D eigenvalue weighted by Gasteiger charge is 2.06. The predicted molar refractivity (Wildman–Crippen MR) is 45.9 cm³/mol. The molecule has 0 aliphatic rings. The average molecular weight is 182 g/mol. The van der Waals surface area contributed by atoms with Crippen molar-refractivity contribution in [1.29, 1.82) is 0 Å². The van der Waals surface area contributed by atoms with Gasteiger partial charge in [-0.2, -0.15) is 0 Å². The Kier molecular flexibility index (Phi) is 3.22. The highest BCUT2D eigenvalue weighted by atomic mass is 16.7. The van der Waals surface area contributed by atoms with Gasteiger partial charge in [-0.05, 0) is 12.1 Å². The maximum absolute atomic E-state index is 11.1. The van der Waals surface area contributed by atoms with Crippen molar-refractivity contribution in [2.45, 2.75) is 0 Å². The molecule has 0 spiro atoms. The number of ether oxygens (including phenoxy) is 2. The van der Waals surface area contributed by atoms with Gasteiger partial charge in [0.05, 0.1) is 11.9 Å². The second-order valence-electron chi connectivity index (χ2n) is 2.32. The van der Waals surface area contributed by atoms with Crippen LogP contribution in [0.25, 0.3) is 0 Å². The van der Waals surface area contributed by atoms with E-state index in [9.17, 15) is 4.79 Å². The van der Waals surface area contributed by atoms with Crippen LogP contribution in [0.15, 0.2) is 18.3 Å². The molecule has 5 nitrogen and oxygen atoms in total. The molecule has 1 aromatic heterocycles. The Balaban J connectivity index is 2.61. The fraction of sp³-hybridized carbons (Fsp3) is 0.250. The number of carbonyl (C=O) groups excluding carboxylic acids is 1. The van der Waals surface area contributed by atoms with Gasteiger partial charge in [-0.15, -0.1) is 0 Å². The summed E-state index contributed by atoms with van der Waals surface area (Å²) in [6, 6.07) is 3.07. The van der Waals surface area contributed by atoms with Crippen molar-refractivity contribution in [3.8, 4) is 0 Å². The molecule has 1 aromatic rings. The lowest BCUT2D eigenvalue weighted by atomic mass is 10.3. The van der Waals surface area contributed by atoms with E-state index in [1.54, 1.807) is 6.07 Å². The SMILES string of the molecule is COCOC(=O)c1ccc(N)cn1. The van der Waals surface area contributed by atoms with E-state index in [0.29, 0.717) is 5.69 Å². The Morgan fingerprint density at radius 2 is 2.38 bits per heavy atom. The van der Waals surface area contributed by atoms with Crippen LogP contribution >= 0.6 is 0 Å². The summed E-state index contributed by atoms with van der Waals surface area (Å²) >= 11 is 0. The molecule has 0 unspecified atom stereocenters. The molecule has 0 saturated heterocycles. The Morgan fingerprint density at radius 3 is 2.92 bits per heavy atom. The molecule has 70 valence electrons. The molecular weight excluding hydrogens is 172 g/mol. The van der Waals surface area contributed by atoms with E-state index >= 15 is 0 Å². The van der Waals surface area contributed by atoms with Gasteiger partial charge in [-0.1, -0.05) is 0 Å². The predicted octanol–water partition coefficient (Wildman–Crippen LogP) is 0.425. The van der Waals surface area contributed by atoms with Crippen molar-refractivity contribution < 1.29 is 14.3 Å². The first kappa shape index (κ1) is 9.47. The van der Waals surface area contributed by atoms with Crippen LogP contribution in [0.4, 0.5) is 5.69 Å². The first-order chi connectivity index (χ1) is 6.24. The minimum absolute atomic E-state index is 0.0785. The molecule has 0 atom stereocenters. The summed E-state index contributed by atoms with van der Waals surface area (Å²) in [6.07, 6.45) is 1.39. The van der Waals surface area contributed by atoms with Gasteiger partial charge in [-0.3, -0.25) is 0 Å². The minimum atomic E-state index is -0.526. The molecule has 2 N–H and O–H groups in total. The fourth-order valence-corrected chi connectivity index (χ4v) is 0.712. The zero-order valence-corrected chi connectivity index (χ0v) is 7.19. The van der Waals surface area contributed by atoms with E-state index < -0.39 is 5.97 Å². The number of nitrogens with zero attached hydrogens (tertiary/aromatic N) is 1. The third-order valence-corrected chi connectivity index (χ3v) is 1.30. The zero-order valence-electron chi connectivity index (χ0n) is 7.19. The number of methoxy groups -OCH3 is 1. The van der Waals surface area contributed by atoms with Crippen molar-refractivity contribution in [2.24, 2.45) is 0 Å². The number of esters is 1. The first-order valence-electron chi connectivity index (χ1n) is 3.61. The number of pyridine rings is 1. The van der Waals surface area contributed by atoms with Gasteiger partial charge >= 0.3 is 5.97 Å². The number of aromatic nitrogens is 1. The van der Waals surface area contributed by atoms with Crippen molar-refractivity contribution in [3.05, 3.63) is 24.0 Å². The van der Waals surface area contributed by atoms with Crippen molar-refractivity contribution in [1.82, 2.24) is 4.98 Å². The number of anilines is 1. The van der Waals surface area contributed by atoms with Crippen LogP contribution in [0.2, 0.25) is 0 Å². The highest BCUT2D eigenvalue weighted by Crippen LogP contribution is 2.02. The number of nitrogen functional groups attached to an aromatic ring is 1. The van der Waals surface area contributed by atoms with E-state index in [2.05, 4.69) is 14.5 Å². The maximum atomic E-state index is 11.1. The van der Waals surface area contributed by atoms with Crippen molar-refractivity contribution in [2.75, 3.05) is 19.6 Å². The van der Waals surface area contributed by atoms with Crippen LogP contribution < -0.4 is 5.73 Å². The largest absolute Gasteiger partial charge is 0.434 e. The summed E-state index contributed by atoms with van der Waals surface area (Å²) in [5.41, 5.74) is 6.10. The van der Waals surface area contributed by atoms with E-state index in [1.165, 1.54) is 19.4 Å². The van der Waals surface area contributed by atoms with Crippen molar-refractivity contribution in [3.63, 3.8) is 0 Å².